The van der Waals surface area contributed by atoms with Crippen LogP contribution < -0.4 is 9.47 Å². The summed E-state index contributed by atoms with van der Waals surface area (Å²) in [5, 5.41) is 0. The van der Waals surface area contributed by atoms with E-state index in [4.69, 9.17) is 9.47 Å². The molecule has 0 bridgehead atoms. The molecule has 0 aliphatic carbocycles. The molecular formula is C19H21NO5S. The number of Topliss-reactive ketones (excluding diaryl/α,β-unsaturated/α-hetero) is 1. The van der Waals surface area contributed by atoms with Crippen molar-refractivity contribution in [2.24, 2.45) is 0 Å². The van der Waals surface area contributed by atoms with Crippen molar-refractivity contribution in [3.05, 3.63) is 53.1 Å². The Morgan fingerprint density at radius 1 is 1.00 bits per heavy atom. The van der Waals surface area contributed by atoms with Crippen molar-refractivity contribution in [1.82, 2.24) is 4.31 Å². The van der Waals surface area contributed by atoms with E-state index in [9.17, 15) is 13.2 Å². The van der Waals surface area contributed by atoms with Crippen LogP contribution >= 0.6 is 0 Å². The molecule has 3 rings (SSSR count). The van der Waals surface area contributed by atoms with E-state index in [0.29, 0.717) is 23.5 Å². The Hall–Kier alpha value is -2.38. The van der Waals surface area contributed by atoms with Crippen molar-refractivity contribution in [1.29, 1.82) is 0 Å². The van der Waals surface area contributed by atoms with Crippen molar-refractivity contribution >= 4 is 15.8 Å². The maximum Gasteiger partial charge on any atom is 0.243 e. The van der Waals surface area contributed by atoms with E-state index in [1.54, 1.807) is 36.4 Å². The molecule has 1 heterocycles. The number of nitrogens with zero attached hydrogens (tertiary/aromatic N) is 1. The van der Waals surface area contributed by atoms with Gasteiger partial charge in [0.1, 0.15) is 0 Å². The van der Waals surface area contributed by atoms with Gasteiger partial charge in [0.2, 0.25) is 10.0 Å². The molecular weight excluding hydrogens is 354 g/mol. The Labute approximate surface area is 153 Å². The van der Waals surface area contributed by atoms with Crippen molar-refractivity contribution in [3.63, 3.8) is 0 Å². The molecule has 2 aromatic rings. The standard InChI is InChI=1S/C19H21NO5S/c1-13-4-6-15(7-5-13)26(22,23)20-9-8-14-10-18(24-2)19(25-3)11-16(14)17(21)12-20/h4-7,10-11H,8-9,12H2,1-3H3. The van der Waals surface area contributed by atoms with Crippen LogP contribution in [0.5, 0.6) is 11.5 Å². The van der Waals surface area contributed by atoms with Crippen molar-refractivity contribution in [2.45, 2.75) is 18.2 Å². The van der Waals surface area contributed by atoms with E-state index in [1.165, 1.54) is 18.5 Å². The molecule has 0 radical (unpaired) electrons. The topological polar surface area (TPSA) is 72.9 Å². The van der Waals surface area contributed by atoms with Crippen molar-refractivity contribution in [2.75, 3.05) is 27.3 Å². The molecule has 26 heavy (non-hydrogen) atoms. The number of hydrogen-bond donors (Lipinski definition) is 0. The van der Waals surface area contributed by atoms with Gasteiger partial charge in [-0.15, -0.1) is 0 Å². The summed E-state index contributed by atoms with van der Waals surface area (Å²) in [4.78, 5) is 12.9. The first-order valence-electron chi connectivity index (χ1n) is 8.21. The minimum atomic E-state index is -3.73. The number of hydrogen-bond acceptors (Lipinski definition) is 5. The Kier molecular flexibility index (Phi) is 5.02. The number of ether oxygens (including phenoxy) is 2. The highest BCUT2D eigenvalue weighted by molar-refractivity contribution is 7.89. The zero-order valence-corrected chi connectivity index (χ0v) is 15.8. The molecule has 0 saturated carbocycles. The fourth-order valence-corrected chi connectivity index (χ4v) is 4.42. The Morgan fingerprint density at radius 3 is 2.23 bits per heavy atom. The maximum absolute atomic E-state index is 12.9. The minimum Gasteiger partial charge on any atom is -0.493 e. The molecule has 6 nitrogen and oxygen atoms in total. The van der Waals surface area contributed by atoms with Gasteiger partial charge in [0, 0.05) is 12.1 Å². The van der Waals surface area contributed by atoms with Gasteiger partial charge in [0.25, 0.3) is 0 Å². The summed E-state index contributed by atoms with van der Waals surface area (Å²) < 4.78 is 37.6. The van der Waals surface area contributed by atoms with E-state index in [0.717, 1.165) is 11.1 Å². The summed E-state index contributed by atoms with van der Waals surface area (Å²) in [6.07, 6.45) is 0.423. The number of benzene rings is 2. The average Bonchev–Trinajstić information content (AvgIpc) is 2.80. The lowest BCUT2D eigenvalue weighted by atomic mass is 10.0. The number of sulfonamides is 1. The Balaban J connectivity index is 1.96. The molecule has 0 saturated heterocycles. The van der Waals surface area contributed by atoms with Gasteiger partial charge in [-0.1, -0.05) is 17.7 Å². The molecule has 0 atom stereocenters. The number of methoxy groups -OCH3 is 2. The molecule has 0 fully saturated rings. The average molecular weight is 375 g/mol. The fourth-order valence-electron chi connectivity index (χ4n) is 3.02. The smallest absolute Gasteiger partial charge is 0.243 e. The highest BCUT2D eigenvalue weighted by atomic mass is 32.2. The van der Waals surface area contributed by atoms with Crippen molar-refractivity contribution < 1.29 is 22.7 Å². The Bertz CT molecular complexity index is 935. The number of rotatable bonds is 4. The lowest BCUT2D eigenvalue weighted by Gasteiger charge is -2.19. The quantitative estimate of drug-likeness (QED) is 0.821. The predicted octanol–water partition coefficient (Wildman–Crippen LogP) is 2.44. The summed E-state index contributed by atoms with van der Waals surface area (Å²) in [5.74, 6) is 0.720. The Morgan fingerprint density at radius 2 is 1.62 bits per heavy atom. The lowest BCUT2D eigenvalue weighted by molar-refractivity contribution is 0.0971. The van der Waals surface area contributed by atoms with Crippen LogP contribution in [-0.2, 0) is 16.4 Å². The molecule has 0 aromatic heterocycles. The molecule has 0 N–H and O–H groups in total. The second-order valence-corrected chi connectivity index (χ2v) is 8.13. The van der Waals surface area contributed by atoms with Crippen LogP contribution in [0, 0.1) is 6.92 Å². The normalized spacial score (nSPS) is 15.3. The number of fused-ring (bicyclic) bond motifs is 1. The van der Waals surface area contributed by atoms with Gasteiger partial charge in [-0.2, -0.15) is 4.31 Å². The molecule has 2 aromatic carbocycles. The third kappa shape index (κ3) is 3.32. The van der Waals surface area contributed by atoms with Gasteiger partial charge >= 0.3 is 0 Å². The molecule has 1 aliphatic rings. The fraction of sp³-hybridized carbons (Fsp3) is 0.316. The van der Waals surface area contributed by atoms with E-state index < -0.39 is 10.0 Å². The summed E-state index contributed by atoms with van der Waals surface area (Å²) in [7, 11) is -0.710. The SMILES string of the molecule is COc1cc2c(cc1OC)C(=O)CN(S(=O)(=O)c1ccc(C)cc1)CC2. The summed E-state index contributed by atoms with van der Waals surface area (Å²) >= 11 is 0. The van der Waals surface area contributed by atoms with Gasteiger partial charge in [-0.05, 0) is 43.2 Å². The van der Waals surface area contributed by atoms with Crippen LogP contribution in [0.3, 0.4) is 0 Å². The largest absolute Gasteiger partial charge is 0.493 e. The number of ketones is 1. The van der Waals surface area contributed by atoms with Crippen LogP contribution in [0.15, 0.2) is 41.3 Å². The first-order valence-corrected chi connectivity index (χ1v) is 9.65. The van der Waals surface area contributed by atoms with Crippen LogP contribution in [-0.4, -0.2) is 45.8 Å². The molecule has 0 amide bonds. The van der Waals surface area contributed by atoms with Gasteiger partial charge in [0.05, 0.1) is 25.7 Å². The third-order valence-corrected chi connectivity index (χ3v) is 6.38. The first kappa shape index (κ1) is 18.4. The molecule has 7 heteroatoms. The van der Waals surface area contributed by atoms with Gasteiger partial charge < -0.3 is 9.47 Å². The van der Waals surface area contributed by atoms with E-state index >= 15 is 0 Å². The number of aryl methyl sites for hydroxylation is 1. The second-order valence-electron chi connectivity index (χ2n) is 6.19. The summed E-state index contributed by atoms with van der Waals surface area (Å²) in [5.41, 5.74) is 2.21. The van der Waals surface area contributed by atoms with Crippen LogP contribution in [0.4, 0.5) is 0 Å². The molecule has 1 aliphatic heterocycles. The zero-order chi connectivity index (χ0) is 18.9. The van der Waals surface area contributed by atoms with E-state index in [1.807, 2.05) is 6.92 Å². The molecule has 0 unspecified atom stereocenters. The third-order valence-electron chi connectivity index (χ3n) is 4.52. The van der Waals surface area contributed by atoms with Crippen LogP contribution in [0.1, 0.15) is 21.5 Å². The van der Waals surface area contributed by atoms with E-state index in [-0.39, 0.29) is 23.8 Å². The monoisotopic (exact) mass is 375 g/mol. The van der Waals surface area contributed by atoms with E-state index in [2.05, 4.69) is 0 Å². The number of carbonyl (C=O) groups excluding carboxylic acids is 1. The molecule has 0 spiro atoms. The highest BCUT2D eigenvalue weighted by Gasteiger charge is 2.31. The zero-order valence-electron chi connectivity index (χ0n) is 15.0. The predicted molar refractivity (Wildman–Crippen MR) is 97.5 cm³/mol. The highest BCUT2D eigenvalue weighted by Crippen LogP contribution is 2.33. The lowest BCUT2D eigenvalue weighted by Crippen LogP contribution is -2.35. The maximum atomic E-state index is 12.9. The van der Waals surface area contributed by atoms with Gasteiger partial charge in [-0.25, -0.2) is 8.42 Å². The van der Waals surface area contributed by atoms with Crippen LogP contribution in [0.25, 0.3) is 0 Å². The first-order chi connectivity index (χ1) is 12.4. The van der Waals surface area contributed by atoms with Crippen molar-refractivity contribution in [3.8, 4) is 11.5 Å². The molecule has 138 valence electrons. The van der Waals surface area contributed by atoms with Gasteiger partial charge in [-0.3, -0.25) is 4.79 Å². The summed E-state index contributed by atoms with van der Waals surface area (Å²) in [6, 6.07) is 10.00. The number of carbonyl (C=O) groups is 1. The minimum absolute atomic E-state index is 0.192. The van der Waals surface area contributed by atoms with Crippen LogP contribution in [0.2, 0.25) is 0 Å². The van der Waals surface area contributed by atoms with Gasteiger partial charge in [0.15, 0.2) is 17.3 Å². The summed E-state index contributed by atoms with van der Waals surface area (Å²) in [6.45, 7) is 1.92. The second kappa shape index (κ2) is 7.09.